The van der Waals surface area contributed by atoms with Gasteiger partial charge >= 0.3 is 0 Å². The summed E-state index contributed by atoms with van der Waals surface area (Å²) in [6.45, 7) is 7.11. The fraction of sp³-hybridized carbons (Fsp3) is 0.625. The maximum absolute atomic E-state index is 11.6. The van der Waals surface area contributed by atoms with E-state index in [1.165, 1.54) is 54.4 Å². The van der Waals surface area contributed by atoms with Gasteiger partial charge in [0.05, 0.1) is 0 Å². The lowest BCUT2D eigenvalue weighted by Gasteiger charge is -2.59. The van der Waals surface area contributed by atoms with Gasteiger partial charge in [-0.2, -0.15) is 0 Å². The molecule has 3 fully saturated rings. The minimum absolute atomic E-state index is 0.0621. The molecule has 3 aliphatic heterocycles. The SMILES string of the molecule is CCCC1CC2CN3CCc4c([nH]c5ccc(CC(C)=O)cc45)C(CN)(C2)C13. The van der Waals surface area contributed by atoms with Crippen LogP contribution in [0.5, 0.6) is 0 Å². The van der Waals surface area contributed by atoms with Gasteiger partial charge in [0.25, 0.3) is 0 Å². The largest absolute Gasteiger partial charge is 0.358 e. The van der Waals surface area contributed by atoms with Crippen molar-refractivity contribution in [2.24, 2.45) is 17.6 Å². The maximum Gasteiger partial charge on any atom is 0.134 e. The average molecular weight is 380 g/mol. The molecule has 0 amide bonds. The molecule has 150 valence electrons. The van der Waals surface area contributed by atoms with Crippen LogP contribution in [-0.2, 0) is 23.1 Å². The Kier molecular flexibility index (Phi) is 4.40. The van der Waals surface area contributed by atoms with Crippen LogP contribution < -0.4 is 5.73 Å². The van der Waals surface area contributed by atoms with Gasteiger partial charge in [-0.25, -0.2) is 0 Å². The Morgan fingerprint density at radius 2 is 2.25 bits per heavy atom. The Bertz CT molecular complexity index is 916. The number of hydrogen-bond donors (Lipinski definition) is 2. The molecule has 1 aromatic heterocycles. The maximum atomic E-state index is 11.6. The number of nitrogens with two attached hydrogens (primary N) is 1. The summed E-state index contributed by atoms with van der Waals surface area (Å²) in [5.74, 6) is 1.77. The lowest BCUT2D eigenvalue weighted by molar-refractivity contribution is -0.116. The molecule has 1 aliphatic carbocycles. The third-order valence-corrected chi connectivity index (χ3v) is 7.78. The molecular weight excluding hydrogens is 346 g/mol. The number of nitrogens with zero attached hydrogens (tertiary/aromatic N) is 1. The summed E-state index contributed by atoms with van der Waals surface area (Å²) in [7, 11) is 0. The summed E-state index contributed by atoms with van der Waals surface area (Å²) >= 11 is 0. The molecule has 4 heterocycles. The van der Waals surface area contributed by atoms with Crippen LogP contribution in [0.25, 0.3) is 10.9 Å². The molecule has 3 N–H and O–H groups in total. The number of fused-ring (bicyclic) bond motifs is 4. The summed E-state index contributed by atoms with van der Waals surface area (Å²) in [5.41, 5.74) is 11.9. The van der Waals surface area contributed by atoms with Gasteiger partial charge in [0, 0.05) is 54.1 Å². The first-order chi connectivity index (χ1) is 13.6. The predicted molar refractivity (Wildman–Crippen MR) is 114 cm³/mol. The van der Waals surface area contributed by atoms with Crippen LogP contribution in [-0.4, -0.2) is 41.3 Å². The van der Waals surface area contributed by atoms with E-state index in [-0.39, 0.29) is 11.2 Å². The van der Waals surface area contributed by atoms with Crippen molar-refractivity contribution in [2.45, 2.75) is 63.8 Å². The van der Waals surface area contributed by atoms with Crippen LogP contribution in [0.2, 0.25) is 0 Å². The molecular formula is C24H33N3O. The molecule has 0 spiro atoms. The lowest BCUT2D eigenvalue weighted by atomic mass is 9.56. The van der Waals surface area contributed by atoms with Crippen LogP contribution >= 0.6 is 0 Å². The number of nitrogens with one attached hydrogen (secondary N) is 1. The number of benzene rings is 1. The predicted octanol–water partition coefficient (Wildman–Crippen LogP) is 3.56. The minimum Gasteiger partial charge on any atom is -0.358 e. The van der Waals surface area contributed by atoms with Crippen LogP contribution in [0, 0.1) is 11.8 Å². The zero-order chi connectivity index (χ0) is 19.5. The smallest absolute Gasteiger partial charge is 0.134 e. The highest BCUT2D eigenvalue weighted by atomic mass is 16.1. The summed E-state index contributed by atoms with van der Waals surface area (Å²) in [5, 5.41) is 1.32. The number of Topliss-reactive ketones (excluding diaryl/α,β-unsaturated/α-hetero) is 1. The first-order valence-electron chi connectivity index (χ1n) is 11.1. The number of hydrogen-bond acceptors (Lipinski definition) is 3. The highest BCUT2D eigenvalue weighted by molar-refractivity contribution is 5.88. The summed E-state index contributed by atoms with van der Waals surface area (Å²) < 4.78 is 0. The lowest BCUT2D eigenvalue weighted by Crippen LogP contribution is -2.66. The molecule has 4 bridgehead atoms. The van der Waals surface area contributed by atoms with Crippen LogP contribution in [0.4, 0.5) is 0 Å². The van der Waals surface area contributed by atoms with Crippen molar-refractivity contribution in [1.82, 2.24) is 9.88 Å². The van der Waals surface area contributed by atoms with Gasteiger partial charge in [-0.05, 0) is 67.7 Å². The fourth-order valence-electron chi connectivity index (χ4n) is 7.02. The standard InChI is InChI=1S/C24H33N3O/c1-3-4-18-10-17-12-24(14-25)22-19(7-8-27(13-17)23(18)24)20-11-16(9-15(2)28)5-6-21(20)26-22/h5-6,11,17-18,23,26H,3-4,7-10,12-14,25H2,1-2H3. The van der Waals surface area contributed by atoms with Crippen molar-refractivity contribution < 1.29 is 4.79 Å². The second-order valence-corrected chi connectivity index (χ2v) is 9.64. The van der Waals surface area contributed by atoms with Crippen LogP contribution in [0.15, 0.2) is 18.2 Å². The Morgan fingerprint density at radius 1 is 1.39 bits per heavy atom. The molecule has 2 saturated heterocycles. The fourth-order valence-corrected chi connectivity index (χ4v) is 7.02. The molecule has 4 aliphatic rings. The number of aromatic amines is 1. The molecule has 0 radical (unpaired) electrons. The van der Waals surface area contributed by atoms with E-state index in [1.807, 2.05) is 0 Å². The third-order valence-electron chi connectivity index (χ3n) is 7.78. The van der Waals surface area contributed by atoms with E-state index in [1.54, 1.807) is 6.92 Å². The van der Waals surface area contributed by atoms with Crippen molar-refractivity contribution in [2.75, 3.05) is 19.6 Å². The second kappa shape index (κ2) is 6.70. The topological polar surface area (TPSA) is 62.1 Å². The number of H-pyrrole nitrogens is 1. The Morgan fingerprint density at radius 3 is 3.00 bits per heavy atom. The summed E-state index contributed by atoms with van der Waals surface area (Å²) in [6, 6.07) is 7.11. The molecule has 6 rings (SSSR count). The van der Waals surface area contributed by atoms with Crippen LogP contribution in [0.3, 0.4) is 0 Å². The van der Waals surface area contributed by atoms with Gasteiger partial charge in [-0.15, -0.1) is 0 Å². The van der Waals surface area contributed by atoms with Crippen molar-refractivity contribution in [1.29, 1.82) is 0 Å². The Balaban J connectivity index is 1.67. The normalized spacial score (nSPS) is 33.7. The van der Waals surface area contributed by atoms with Crippen molar-refractivity contribution in [3.63, 3.8) is 0 Å². The molecule has 1 saturated carbocycles. The molecule has 4 nitrogen and oxygen atoms in total. The van der Waals surface area contributed by atoms with Gasteiger partial charge in [0.2, 0.25) is 0 Å². The first-order valence-corrected chi connectivity index (χ1v) is 11.1. The van der Waals surface area contributed by atoms with Gasteiger partial charge in [-0.3, -0.25) is 9.69 Å². The van der Waals surface area contributed by atoms with Crippen molar-refractivity contribution in [3.8, 4) is 0 Å². The van der Waals surface area contributed by atoms with Gasteiger partial charge in [0.1, 0.15) is 5.78 Å². The van der Waals surface area contributed by atoms with Gasteiger partial charge < -0.3 is 10.7 Å². The van der Waals surface area contributed by atoms with E-state index in [2.05, 4.69) is 35.0 Å². The monoisotopic (exact) mass is 379 g/mol. The second-order valence-electron chi connectivity index (χ2n) is 9.64. The van der Waals surface area contributed by atoms with E-state index in [4.69, 9.17) is 5.73 Å². The number of ketones is 1. The molecule has 4 heteroatoms. The Hall–Kier alpha value is -1.65. The minimum atomic E-state index is 0.0621. The third kappa shape index (κ3) is 2.61. The number of carbonyl (C=O) groups excluding carboxylic acids is 1. The highest BCUT2D eigenvalue weighted by Crippen LogP contribution is 2.54. The van der Waals surface area contributed by atoms with E-state index >= 15 is 0 Å². The average Bonchev–Trinajstić information content (AvgIpc) is 3.00. The molecule has 1 aromatic carbocycles. The Labute approximate surface area is 167 Å². The van der Waals surface area contributed by atoms with E-state index in [0.29, 0.717) is 12.5 Å². The molecule has 5 atom stereocenters. The number of aromatic nitrogens is 1. The quantitative estimate of drug-likeness (QED) is 0.835. The molecule has 5 unspecified atom stereocenters. The number of piperidine rings is 2. The zero-order valence-electron chi connectivity index (χ0n) is 17.3. The van der Waals surface area contributed by atoms with E-state index in [0.717, 1.165) is 36.9 Å². The number of rotatable bonds is 5. The van der Waals surface area contributed by atoms with Crippen molar-refractivity contribution in [3.05, 3.63) is 35.0 Å². The van der Waals surface area contributed by atoms with Gasteiger partial charge in [-0.1, -0.05) is 19.4 Å². The number of carbonyl (C=O) groups is 1. The highest BCUT2D eigenvalue weighted by Gasteiger charge is 2.57. The molecule has 2 aromatic rings. The summed E-state index contributed by atoms with van der Waals surface area (Å²) in [6.07, 6.45) is 6.80. The van der Waals surface area contributed by atoms with Gasteiger partial charge in [0.15, 0.2) is 0 Å². The first kappa shape index (κ1) is 18.4. The van der Waals surface area contributed by atoms with E-state index in [9.17, 15) is 4.79 Å². The van der Waals surface area contributed by atoms with E-state index < -0.39 is 0 Å². The zero-order valence-corrected chi connectivity index (χ0v) is 17.3. The van der Waals surface area contributed by atoms with Crippen LogP contribution in [0.1, 0.15) is 56.4 Å². The molecule has 28 heavy (non-hydrogen) atoms. The summed E-state index contributed by atoms with van der Waals surface area (Å²) in [4.78, 5) is 18.3. The van der Waals surface area contributed by atoms with Crippen molar-refractivity contribution >= 4 is 16.7 Å².